The van der Waals surface area contributed by atoms with Crippen LogP contribution >= 0.6 is 11.6 Å². The van der Waals surface area contributed by atoms with Crippen molar-refractivity contribution in [1.82, 2.24) is 14.5 Å². The van der Waals surface area contributed by atoms with Crippen LogP contribution in [0.1, 0.15) is 24.0 Å². The van der Waals surface area contributed by atoms with Crippen molar-refractivity contribution in [3.05, 3.63) is 77.3 Å². The Kier molecular flexibility index (Phi) is 7.35. The molecule has 7 heteroatoms. The zero-order valence-corrected chi connectivity index (χ0v) is 19.2. The zero-order chi connectivity index (χ0) is 22.4. The maximum atomic E-state index is 11.2. The molecule has 1 aliphatic heterocycles. The number of hydrogen-bond acceptors (Lipinski definition) is 5. The molecule has 1 N–H and O–H groups in total. The Hall–Kier alpha value is -2.54. The molecule has 2 heterocycles. The maximum absolute atomic E-state index is 11.2. The van der Waals surface area contributed by atoms with Gasteiger partial charge in [-0.1, -0.05) is 29.8 Å². The Bertz CT molecular complexity index is 1010. The van der Waals surface area contributed by atoms with Crippen molar-refractivity contribution in [1.29, 1.82) is 0 Å². The average Bonchev–Trinajstić information content (AvgIpc) is 3.28. The molecule has 1 aliphatic rings. The molecule has 4 rings (SSSR count). The van der Waals surface area contributed by atoms with Gasteiger partial charge in [-0.3, -0.25) is 4.90 Å². The van der Waals surface area contributed by atoms with E-state index in [9.17, 15) is 5.11 Å². The van der Waals surface area contributed by atoms with E-state index < -0.39 is 5.60 Å². The molecule has 32 heavy (non-hydrogen) atoms. The number of nitrogens with zero attached hydrogens (tertiary/aromatic N) is 3. The number of ether oxygens (including phenoxy) is 2. The van der Waals surface area contributed by atoms with Crippen LogP contribution in [-0.2, 0) is 13.1 Å². The Morgan fingerprint density at radius 3 is 2.94 bits per heavy atom. The topological polar surface area (TPSA) is 59.8 Å². The van der Waals surface area contributed by atoms with Crippen LogP contribution in [0.2, 0.25) is 5.02 Å². The second-order valence-corrected chi connectivity index (χ2v) is 8.96. The van der Waals surface area contributed by atoms with Crippen molar-refractivity contribution in [2.24, 2.45) is 0 Å². The van der Waals surface area contributed by atoms with Crippen LogP contribution in [-0.4, -0.2) is 51.5 Å². The third-order valence-electron chi connectivity index (χ3n) is 5.70. The van der Waals surface area contributed by atoms with E-state index in [1.165, 1.54) is 0 Å². The van der Waals surface area contributed by atoms with Gasteiger partial charge in [-0.15, -0.1) is 0 Å². The molecule has 1 unspecified atom stereocenters. The van der Waals surface area contributed by atoms with Crippen molar-refractivity contribution in [3.8, 4) is 11.5 Å². The van der Waals surface area contributed by atoms with E-state index in [0.717, 1.165) is 42.9 Å². The van der Waals surface area contributed by atoms with Crippen molar-refractivity contribution in [3.63, 3.8) is 0 Å². The summed E-state index contributed by atoms with van der Waals surface area (Å²) in [5.74, 6) is 1.48. The number of likely N-dealkylation sites (tertiary alicyclic amines) is 1. The van der Waals surface area contributed by atoms with Gasteiger partial charge < -0.3 is 19.1 Å². The number of rotatable bonds is 9. The van der Waals surface area contributed by atoms with Gasteiger partial charge in [0.1, 0.15) is 30.3 Å². The summed E-state index contributed by atoms with van der Waals surface area (Å²) in [4.78, 5) is 6.32. The van der Waals surface area contributed by atoms with Gasteiger partial charge in [0.2, 0.25) is 0 Å². The molecule has 2 aromatic carbocycles. The second kappa shape index (κ2) is 10.4. The lowest BCUT2D eigenvalue weighted by atomic mass is 9.93. The maximum Gasteiger partial charge on any atom is 0.138 e. The Morgan fingerprint density at radius 2 is 2.09 bits per heavy atom. The van der Waals surface area contributed by atoms with Gasteiger partial charge in [-0.05, 0) is 61.7 Å². The highest BCUT2D eigenvalue weighted by molar-refractivity contribution is 6.32. The van der Waals surface area contributed by atoms with Gasteiger partial charge in [0.05, 0.1) is 17.9 Å². The van der Waals surface area contributed by atoms with Crippen molar-refractivity contribution >= 4 is 11.6 Å². The smallest absolute Gasteiger partial charge is 0.138 e. The van der Waals surface area contributed by atoms with Crippen LogP contribution < -0.4 is 9.47 Å². The highest BCUT2D eigenvalue weighted by Crippen LogP contribution is 2.29. The summed E-state index contributed by atoms with van der Waals surface area (Å²) in [7, 11) is 0. The molecule has 0 bridgehead atoms. The minimum atomic E-state index is -0.899. The molecule has 1 fully saturated rings. The average molecular weight is 456 g/mol. The number of halogens is 1. The molecule has 1 aromatic heterocycles. The van der Waals surface area contributed by atoms with E-state index in [-0.39, 0.29) is 6.61 Å². The lowest BCUT2D eigenvalue weighted by Crippen LogP contribution is -2.51. The summed E-state index contributed by atoms with van der Waals surface area (Å²) in [5, 5.41) is 11.7. The summed E-state index contributed by atoms with van der Waals surface area (Å²) in [6.45, 7) is 5.82. The number of β-amino-alcohol motifs (C(OH)–C–C–N with tert-alkyl or cyclic N) is 1. The van der Waals surface area contributed by atoms with Crippen LogP contribution in [0, 0.1) is 6.92 Å². The Morgan fingerprint density at radius 1 is 1.19 bits per heavy atom. The number of imidazole rings is 1. The second-order valence-electron chi connectivity index (χ2n) is 8.56. The lowest BCUT2D eigenvalue weighted by molar-refractivity contribution is -0.0621. The normalized spacial score (nSPS) is 19.1. The number of aryl methyl sites for hydroxylation is 1. The van der Waals surface area contributed by atoms with E-state index in [4.69, 9.17) is 21.1 Å². The fourth-order valence-electron chi connectivity index (χ4n) is 4.07. The summed E-state index contributed by atoms with van der Waals surface area (Å²) in [6, 6.07) is 13.8. The minimum Gasteiger partial charge on any atom is -0.492 e. The molecule has 3 aromatic rings. The molecule has 170 valence electrons. The number of aliphatic hydroxyl groups is 1. The minimum absolute atomic E-state index is 0.226. The fourth-order valence-corrected chi connectivity index (χ4v) is 4.24. The van der Waals surface area contributed by atoms with Crippen LogP contribution in [0.4, 0.5) is 0 Å². The van der Waals surface area contributed by atoms with E-state index in [1.54, 1.807) is 12.5 Å². The fraction of sp³-hybridized carbons (Fsp3) is 0.400. The van der Waals surface area contributed by atoms with Gasteiger partial charge in [-0.2, -0.15) is 0 Å². The summed E-state index contributed by atoms with van der Waals surface area (Å²) >= 11 is 6.24. The molecule has 1 saturated heterocycles. The van der Waals surface area contributed by atoms with Gasteiger partial charge in [0, 0.05) is 25.5 Å². The number of hydrogen-bond donors (Lipinski definition) is 1. The number of aromatic nitrogens is 2. The quantitative estimate of drug-likeness (QED) is 0.520. The van der Waals surface area contributed by atoms with Crippen LogP contribution in [0.15, 0.2) is 61.2 Å². The summed E-state index contributed by atoms with van der Waals surface area (Å²) in [5.41, 5.74) is 1.34. The SMILES string of the molecule is Cc1ccc(Cl)c(OCC2(O)CCCN(Cc3cccc(OCCn4ccnc4)c3)C2)c1. The van der Waals surface area contributed by atoms with Gasteiger partial charge in [0.15, 0.2) is 0 Å². The monoisotopic (exact) mass is 455 g/mol. The largest absolute Gasteiger partial charge is 0.492 e. The van der Waals surface area contributed by atoms with E-state index >= 15 is 0 Å². The molecule has 0 spiro atoms. The number of piperidine rings is 1. The molecule has 6 nitrogen and oxygen atoms in total. The molecule has 0 amide bonds. The standard InChI is InChI=1S/C25H30ClN3O3/c1-20-6-7-23(26)24(14-20)32-18-25(30)8-3-10-29(17-25)16-21-4-2-5-22(15-21)31-13-12-28-11-9-27-19-28/h2,4-7,9,11,14-15,19,30H,3,8,10,12-13,16-18H2,1H3. The molecule has 0 radical (unpaired) electrons. The summed E-state index contributed by atoms with van der Waals surface area (Å²) < 4.78 is 13.8. The van der Waals surface area contributed by atoms with Gasteiger partial charge in [-0.25, -0.2) is 4.98 Å². The van der Waals surface area contributed by atoms with Crippen LogP contribution in [0.25, 0.3) is 0 Å². The predicted molar refractivity (Wildman–Crippen MR) is 125 cm³/mol. The first-order valence-electron chi connectivity index (χ1n) is 11.0. The number of benzene rings is 2. The van der Waals surface area contributed by atoms with Crippen molar-refractivity contribution in [2.45, 2.75) is 38.5 Å². The van der Waals surface area contributed by atoms with Crippen molar-refractivity contribution < 1.29 is 14.6 Å². The third-order valence-corrected chi connectivity index (χ3v) is 6.01. The first kappa shape index (κ1) is 22.6. The molecule has 1 atom stereocenters. The lowest BCUT2D eigenvalue weighted by Gasteiger charge is -2.39. The third kappa shape index (κ3) is 6.25. The van der Waals surface area contributed by atoms with Crippen LogP contribution in [0.5, 0.6) is 11.5 Å². The van der Waals surface area contributed by atoms with Crippen molar-refractivity contribution in [2.75, 3.05) is 26.3 Å². The first-order chi connectivity index (χ1) is 15.5. The highest BCUT2D eigenvalue weighted by Gasteiger charge is 2.34. The van der Waals surface area contributed by atoms with Gasteiger partial charge in [0.25, 0.3) is 0 Å². The van der Waals surface area contributed by atoms with Gasteiger partial charge >= 0.3 is 0 Å². The molecule has 0 saturated carbocycles. The van der Waals surface area contributed by atoms with E-state index in [0.29, 0.717) is 30.3 Å². The molecular formula is C25H30ClN3O3. The zero-order valence-electron chi connectivity index (χ0n) is 18.4. The molecular weight excluding hydrogens is 426 g/mol. The highest BCUT2D eigenvalue weighted by atomic mass is 35.5. The first-order valence-corrected chi connectivity index (χ1v) is 11.4. The predicted octanol–water partition coefficient (Wildman–Crippen LogP) is 4.33. The Balaban J connectivity index is 1.30. The van der Waals surface area contributed by atoms with E-state index in [2.05, 4.69) is 22.0 Å². The molecule has 0 aliphatic carbocycles. The van der Waals surface area contributed by atoms with E-state index in [1.807, 2.05) is 48.0 Å². The Labute approximate surface area is 194 Å². The van der Waals surface area contributed by atoms with Crippen LogP contribution in [0.3, 0.4) is 0 Å². The summed E-state index contributed by atoms with van der Waals surface area (Å²) in [6.07, 6.45) is 7.11.